The average molecular weight is 427 g/mol. The predicted octanol–water partition coefficient (Wildman–Crippen LogP) is 3.63. The lowest BCUT2D eigenvalue weighted by molar-refractivity contribution is -0.141. The number of ether oxygens (including phenoxy) is 2. The number of ketones is 1. The number of nitrogens with one attached hydrogen (secondary N) is 1. The maximum Gasteiger partial charge on any atom is 0.325 e. The van der Waals surface area contributed by atoms with Gasteiger partial charge in [0.2, 0.25) is 5.78 Å². The standard InChI is InChI=1S/C24H30N2O5/c1-5-7-13-30-20-10-8-19(9-11-20)24(29)25-15-23(28)31-16-22(27)21-14-17(3)26(12-6-2)18(21)4/h6,8-11,14H,2,5,7,12-13,15-16H2,1,3-4H3,(H,25,29). The Kier molecular flexibility index (Phi) is 9.06. The molecule has 0 fully saturated rings. The first-order valence-corrected chi connectivity index (χ1v) is 10.3. The zero-order valence-corrected chi connectivity index (χ0v) is 18.4. The third kappa shape index (κ3) is 6.84. The van der Waals surface area contributed by atoms with Crippen LogP contribution in [0.2, 0.25) is 0 Å². The number of hydrogen-bond acceptors (Lipinski definition) is 5. The molecule has 0 saturated heterocycles. The van der Waals surface area contributed by atoms with E-state index in [0.29, 0.717) is 30.0 Å². The van der Waals surface area contributed by atoms with Crippen molar-refractivity contribution in [2.45, 2.75) is 40.2 Å². The van der Waals surface area contributed by atoms with Gasteiger partial charge in [0.15, 0.2) is 6.61 Å². The molecule has 0 bridgehead atoms. The van der Waals surface area contributed by atoms with Crippen LogP contribution in [0.3, 0.4) is 0 Å². The minimum Gasteiger partial charge on any atom is -0.494 e. The second-order valence-corrected chi connectivity index (χ2v) is 7.18. The molecule has 2 rings (SSSR count). The van der Waals surface area contributed by atoms with Gasteiger partial charge in [-0.1, -0.05) is 19.4 Å². The van der Waals surface area contributed by atoms with E-state index >= 15 is 0 Å². The van der Waals surface area contributed by atoms with Crippen molar-refractivity contribution in [2.24, 2.45) is 0 Å². The van der Waals surface area contributed by atoms with Crippen LogP contribution < -0.4 is 10.1 Å². The quantitative estimate of drug-likeness (QED) is 0.242. The molecule has 0 aliphatic heterocycles. The number of carbonyl (C=O) groups excluding carboxylic acids is 3. The highest BCUT2D eigenvalue weighted by atomic mass is 16.5. The first kappa shape index (κ1) is 23.9. The summed E-state index contributed by atoms with van der Waals surface area (Å²) < 4.78 is 12.5. The maximum atomic E-state index is 12.4. The molecular formula is C24H30N2O5. The van der Waals surface area contributed by atoms with E-state index in [1.807, 2.05) is 18.4 Å². The second kappa shape index (κ2) is 11.7. The molecule has 7 nitrogen and oxygen atoms in total. The van der Waals surface area contributed by atoms with Gasteiger partial charge in [0.25, 0.3) is 5.91 Å². The highest BCUT2D eigenvalue weighted by molar-refractivity contribution is 6.00. The number of aromatic nitrogens is 1. The van der Waals surface area contributed by atoms with Crippen LogP contribution in [0.4, 0.5) is 0 Å². The number of carbonyl (C=O) groups is 3. The zero-order chi connectivity index (χ0) is 22.8. The van der Waals surface area contributed by atoms with Gasteiger partial charge in [-0.2, -0.15) is 0 Å². The Morgan fingerprint density at radius 3 is 2.52 bits per heavy atom. The van der Waals surface area contributed by atoms with E-state index in [9.17, 15) is 14.4 Å². The number of aryl methyl sites for hydroxylation is 1. The van der Waals surface area contributed by atoms with Crippen molar-refractivity contribution in [3.8, 4) is 5.75 Å². The molecule has 1 amide bonds. The van der Waals surface area contributed by atoms with Crippen molar-refractivity contribution in [3.05, 3.63) is 65.5 Å². The Balaban J connectivity index is 1.80. The lowest BCUT2D eigenvalue weighted by Crippen LogP contribution is -2.31. The number of Topliss-reactive ketones (excluding diaryl/α,β-unsaturated/α-hetero) is 1. The van der Waals surface area contributed by atoms with Crippen LogP contribution in [0.5, 0.6) is 5.75 Å². The minimum absolute atomic E-state index is 0.290. The molecule has 0 spiro atoms. The van der Waals surface area contributed by atoms with Gasteiger partial charge in [0.1, 0.15) is 12.3 Å². The smallest absolute Gasteiger partial charge is 0.325 e. The largest absolute Gasteiger partial charge is 0.494 e. The molecule has 1 aromatic heterocycles. The normalized spacial score (nSPS) is 10.4. The van der Waals surface area contributed by atoms with Crippen molar-refractivity contribution < 1.29 is 23.9 Å². The molecular weight excluding hydrogens is 396 g/mol. The van der Waals surface area contributed by atoms with Crippen LogP contribution in [-0.4, -0.2) is 42.0 Å². The van der Waals surface area contributed by atoms with E-state index in [1.54, 1.807) is 36.4 Å². The van der Waals surface area contributed by atoms with Crippen LogP contribution in [0.25, 0.3) is 0 Å². The van der Waals surface area contributed by atoms with Crippen molar-refractivity contribution >= 4 is 17.7 Å². The monoisotopic (exact) mass is 426 g/mol. The van der Waals surface area contributed by atoms with Gasteiger partial charge in [0.05, 0.1) is 6.61 Å². The zero-order valence-electron chi connectivity index (χ0n) is 18.4. The summed E-state index contributed by atoms with van der Waals surface area (Å²) in [6.45, 7) is 10.1. The Morgan fingerprint density at radius 1 is 1.16 bits per heavy atom. The Bertz CT molecular complexity index is 928. The fourth-order valence-electron chi connectivity index (χ4n) is 3.06. The van der Waals surface area contributed by atoms with Gasteiger partial charge in [-0.15, -0.1) is 6.58 Å². The summed E-state index contributed by atoms with van der Waals surface area (Å²) in [6.07, 6.45) is 3.76. The van der Waals surface area contributed by atoms with E-state index in [4.69, 9.17) is 9.47 Å². The Morgan fingerprint density at radius 2 is 1.87 bits per heavy atom. The average Bonchev–Trinajstić information content (AvgIpc) is 3.05. The van der Waals surface area contributed by atoms with E-state index < -0.39 is 11.9 Å². The summed E-state index contributed by atoms with van der Waals surface area (Å²) in [4.78, 5) is 36.5. The summed E-state index contributed by atoms with van der Waals surface area (Å²) in [6, 6.07) is 8.45. The van der Waals surface area contributed by atoms with E-state index in [-0.39, 0.29) is 18.9 Å². The molecule has 31 heavy (non-hydrogen) atoms. The third-order valence-corrected chi connectivity index (χ3v) is 4.83. The number of allylic oxidation sites excluding steroid dienone is 1. The number of nitrogens with zero attached hydrogens (tertiary/aromatic N) is 1. The van der Waals surface area contributed by atoms with Crippen molar-refractivity contribution in [3.63, 3.8) is 0 Å². The minimum atomic E-state index is -0.680. The Hall–Kier alpha value is -3.35. The van der Waals surface area contributed by atoms with Crippen LogP contribution in [0.1, 0.15) is 51.9 Å². The van der Waals surface area contributed by atoms with Crippen molar-refractivity contribution in [1.29, 1.82) is 0 Å². The third-order valence-electron chi connectivity index (χ3n) is 4.83. The SMILES string of the molecule is C=CCn1c(C)cc(C(=O)COC(=O)CNC(=O)c2ccc(OCCCC)cc2)c1C. The van der Waals surface area contributed by atoms with E-state index in [2.05, 4.69) is 18.8 Å². The number of benzene rings is 1. The van der Waals surface area contributed by atoms with Gasteiger partial charge >= 0.3 is 5.97 Å². The topological polar surface area (TPSA) is 86.6 Å². The molecule has 166 valence electrons. The van der Waals surface area contributed by atoms with Gasteiger partial charge in [0, 0.05) is 29.1 Å². The highest BCUT2D eigenvalue weighted by Crippen LogP contribution is 2.16. The van der Waals surface area contributed by atoms with Crippen molar-refractivity contribution in [1.82, 2.24) is 9.88 Å². The van der Waals surface area contributed by atoms with Gasteiger partial charge in [-0.05, 0) is 50.6 Å². The molecule has 1 heterocycles. The Labute approximate surface area is 183 Å². The van der Waals surface area contributed by atoms with E-state index in [0.717, 1.165) is 24.2 Å². The summed E-state index contributed by atoms with van der Waals surface area (Å²) in [5.41, 5.74) is 2.65. The summed E-state index contributed by atoms with van der Waals surface area (Å²) >= 11 is 0. The molecule has 2 aromatic rings. The van der Waals surface area contributed by atoms with Crippen LogP contribution >= 0.6 is 0 Å². The first-order chi connectivity index (χ1) is 14.9. The molecule has 0 unspecified atom stereocenters. The summed E-state index contributed by atoms with van der Waals surface area (Å²) in [5, 5.41) is 2.49. The molecule has 7 heteroatoms. The fourth-order valence-corrected chi connectivity index (χ4v) is 3.06. The van der Waals surface area contributed by atoms with Gasteiger partial charge in [-0.3, -0.25) is 14.4 Å². The molecule has 1 N–H and O–H groups in total. The molecule has 1 aromatic carbocycles. The lowest BCUT2D eigenvalue weighted by Gasteiger charge is -2.08. The van der Waals surface area contributed by atoms with Crippen LogP contribution in [0.15, 0.2) is 43.0 Å². The molecule has 0 atom stereocenters. The van der Waals surface area contributed by atoms with Gasteiger partial charge < -0.3 is 19.4 Å². The molecule has 0 aliphatic rings. The highest BCUT2D eigenvalue weighted by Gasteiger charge is 2.17. The number of esters is 1. The predicted molar refractivity (Wildman–Crippen MR) is 119 cm³/mol. The maximum absolute atomic E-state index is 12.4. The molecule has 0 saturated carbocycles. The van der Waals surface area contributed by atoms with Crippen LogP contribution in [-0.2, 0) is 16.1 Å². The molecule has 0 aliphatic carbocycles. The summed E-state index contributed by atoms with van der Waals surface area (Å²) in [5.74, 6) is -0.686. The van der Waals surface area contributed by atoms with E-state index in [1.165, 1.54) is 0 Å². The number of hydrogen-bond donors (Lipinski definition) is 1. The number of amides is 1. The first-order valence-electron chi connectivity index (χ1n) is 10.3. The van der Waals surface area contributed by atoms with Gasteiger partial charge in [-0.25, -0.2) is 0 Å². The van der Waals surface area contributed by atoms with Crippen LogP contribution in [0, 0.1) is 13.8 Å². The lowest BCUT2D eigenvalue weighted by atomic mass is 10.1. The fraction of sp³-hybridized carbons (Fsp3) is 0.375. The second-order valence-electron chi connectivity index (χ2n) is 7.18. The summed E-state index contributed by atoms with van der Waals surface area (Å²) in [7, 11) is 0. The number of unbranched alkanes of at least 4 members (excludes halogenated alkanes) is 1. The van der Waals surface area contributed by atoms with Crippen molar-refractivity contribution in [2.75, 3.05) is 19.8 Å². The molecule has 0 radical (unpaired) electrons. The number of rotatable bonds is 12.